The van der Waals surface area contributed by atoms with Gasteiger partial charge in [0.1, 0.15) is 4.90 Å². The van der Waals surface area contributed by atoms with Gasteiger partial charge in [-0.05, 0) is 39.2 Å². The SMILES string of the molecule is C[C@H]1CCC[C@H](C)N1C1=NS(=O)(=O)c2cc([N+](=O)[O-])ccc21. The summed E-state index contributed by atoms with van der Waals surface area (Å²) in [5.74, 6) is 0.421. The molecule has 2 heterocycles. The minimum Gasteiger partial charge on any atom is -0.350 e. The average molecular weight is 323 g/mol. The fourth-order valence-corrected chi connectivity index (χ4v) is 4.49. The molecular weight excluding hydrogens is 306 g/mol. The van der Waals surface area contributed by atoms with E-state index in [4.69, 9.17) is 0 Å². The number of amidine groups is 1. The van der Waals surface area contributed by atoms with E-state index >= 15 is 0 Å². The van der Waals surface area contributed by atoms with Crippen molar-refractivity contribution in [3.63, 3.8) is 0 Å². The molecule has 22 heavy (non-hydrogen) atoms. The fourth-order valence-electron chi connectivity index (χ4n) is 3.26. The summed E-state index contributed by atoms with van der Waals surface area (Å²) in [6.45, 7) is 4.10. The third kappa shape index (κ3) is 2.27. The highest BCUT2D eigenvalue weighted by Gasteiger charge is 2.37. The Morgan fingerprint density at radius 1 is 1.27 bits per heavy atom. The van der Waals surface area contributed by atoms with Crippen LogP contribution in [-0.2, 0) is 10.0 Å². The first-order valence-corrected chi connectivity index (χ1v) is 8.67. The van der Waals surface area contributed by atoms with Crippen LogP contribution in [0, 0.1) is 10.1 Å². The molecule has 0 bridgehead atoms. The zero-order valence-corrected chi connectivity index (χ0v) is 13.2. The van der Waals surface area contributed by atoms with Crippen molar-refractivity contribution in [3.8, 4) is 0 Å². The van der Waals surface area contributed by atoms with E-state index in [0.717, 1.165) is 25.3 Å². The highest BCUT2D eigenvalue weighted by molar-refractivity contribution is 7.90. The normalized spacial score (nSPS) is 26.5. The molecule has 8 heteroatoms. The second-order valence-corrected chi connectivity index (χ2v) is 7.44. The minimum atomic E-state index is -3.87. The van der Waals surface area contributed by atoms with Crippen LogP contribution < -0.4 is 0 Å². The van der Waals surface area contributed by atoms with Crippen molar-refractivity contribution in [2.24, 2.45) is 4.40 Å². The maximum absolute atomic E-state index is 12.3. The minimum absolute atomic E-state index is 0.0679. The summed E-state index contributed by atoms with van der Waals surface area (Å²) in [6.07, 6.45) is 3.06. The number of nitro groups is 1. The van der Waals surface area contributed by atoms with E-state index in [1.165, 1.54) is 12.1 Å². The Balaban J connectivity index is 2.12. The van der Waals surface area contributed by atoms with Crippen molar-refractivity contribution in [1.82, 2.24) is 4.90 Å². The molecule has 1 aromatic carbocycles. The lowest BCUT2D eigenvalue weighted by Gasteiger charge is -2.40. The number of benzene rings is 1. The first-order chi connectivity index (χ1) is 10.3. The molecule has 2 aliphatic heterocycles. The van der Waals surface area contributed by atoms with E-state index in [1.807, 2.05) is 18.7 Å². The predicted octanol–water partition coefficient (Wildman–Crippen LogP) is 2.31. The Hall–Kier alpha value is -1.96. The molecule has 0 unspecified atom stereocenters. The Labute approximate surface area is 128 Å². The second-order valence-electron chi connectivity index (χ2n) is 5.86. The molecule has 118 valence electrons. The molecule has 0 aliphatic carbocycles. The average Bonchev–Trinajstić information content (AvgIpc) is 2.70. The van der Waals surface area contributed by atoms with Crippen LogP contribution in [0.15, 0.2) is 27.5 Å². The summed E-state index contributed by atoms with van der Waals surface area (Å²) in [5, 5.41) is 10.9. The van der Waals surface area contributed by atoms with Gasteiger partial charge in [-0.2, -0.15) is 8.42 Å². The molecule has 0 radical (unpaired) electrons. The van der Waals surface area contributed by atoms with E-state index < -0.39 is 14.9 Å². The van der Waals surface area contributed by atoms with E-state index in [2.05, 4.69) is 4.40 Å². The summed E-state index contributed by atoms with van der Waals surface area (Å²) >= 11 is 0. The van der Waals surface area contributed by atoms with Gasteiger partial charge < -0.3 is 4.90 Å². The van der Waals surface area contributed by atoms with Crippen molar-refractivity contribution >= 4 is 21.5 Å². The first-order valence-electron chi connectivity index (χ1n) is 7.23. The maximum Gasteiger partial charge on any atom is 0.285 e. The van der Waals surface area contributed by atoms with Gasteiger partial charge in [0, 0.05) is 29.8 Å². The Bertz CT molecular complexity index is 762. The Morgan fingerprint density at radius 3 is 2.50 bits per heavy atom. The molecule has 0 N–H and O–H groups in total. The van der Waals surface area contributed by atoms with Crippen LogP contribution in [-0.4, -0.2) is 36.2 Å². The Morgan fingerprint density at radius 2 is 1.91 bits per heavy atom. The molecule has 7 nitrogen and oxygen atoms in total. The van der Waals surface area contributed by atoms with Crippen LogP contribution in [0.25, 0.3) is 0 Å². The van der Waals surface area contributed by atoms with Crippen LogP contribution in [0.3, 0.4) is 0 Å². The number of rotatable bonds is 1. The van der Waals surface area contributed by atoms with Gasteiger partial charge in [-0.3, -0.25) is 10.1 Å². The number of nitro benzene ring substituents is 1. The zero-order chi connectivity index (χ0) is 16.1. The van der Waals surface area contributed by atoms with Crippen LogP contribution in [0.4, 0.5) is 5.69 Å². The van der Waals surface area contributed by atoms with Crippen molar-refractivity contribution in [2.45, 2.75) is 50.1 Å². The van der Waals surface area contributed by atoms with Gasteiger partial charge >= 0.3 is 0 Å². The smallest absolute Gasteiger partial charge is 0.285 e. The number of likely N-dealkylation sites (tertiary alicyclic amines) is 1. The predicted molar refractivity (Wildman–Crippen MR) is 81.4 cm³/mol. The summed E-state index contributed by atoms with van der Waals surface area (Å²) in [7, 11) is -3.87. The third-order valence-electron chi connectivity index (χ3n) is 4.34. The van der Waals surface area contributed by atoms with Gasteiger partial charge in [0.2, 0.25) is 0 Å². The van der Waals surface area contributed by atoms with Gasteiger partial charge in [-0.15, -0.1) is 4.40 Å². The lowest BCUT2D eigenvalue weighted by molar-refractivity contribution is -0.385. The third-order valence-corrected chi connectivity index (χ3v) is 5.65. The summed E-state index contributed by atoms with van der Waals surface area (Å²) in [4.78, 5) is 12.2. The summed E-state index contributed by atoms with van der Waals surface area (Å²) in [6, 6.07) is 4.30. The van der Waals surface area contributed by atoms with E-state index in [1.54, 1.807) is 0 Å². The molecule has 1 saturated heterocycles. The van der Waals surface area contributed by atoms with Crippen LogP contribution in [0.1, 0.15) is 38.7 Å². The van der Waals surface area contributed by atoms with E-state index in [0.29, 0.717) is 11.4 Å². The second kappa shape index (κ2) is 5.05. The van der Waals surface area contributed by atoms with Crippen molar-refractivity contribution in [2.75, 3.05) is 0 Å². The van der Waals surface area contributed by atoms with Crippen molar-refractivity contribution in [1.29, 1.82) is 0 Å². The summed E-state index contributed by atoms with van der Waals surface area (Å²) < 4.78 is 28.4. The van der Waals surface area contributed by atoms with Crippen LogP contribution in [0.5, 0.6) is 0 Å². The van der Waals surface area contributed by atoms with Crippen molar-refractivity contribution in [3.05, 3.63) is 33.9 Å². The molecule has 3 rings (SSSR count). The highest BCUT2D eigenvalue weighted by atomic mass is 32.2. The molecule has 1 fully saturated rings. The Kier molecular flexibility index (Phi) is 3.43. The number of sulfonamides is 1. The number of fused-ring (bicyclic) bond motifs is 1. The number of hydrogen-bond acceptors (Lipinski definition) is 5. The van der Waals surface area contributed by atoms with E-state index in [9.17, 15) is 18.5 Å². The number of nitrogens with zero attached hydrogens (tertiary/aromatic N) is 3. The molecule has 1 aromatic rings. The quantitative estimate of drug-likeness (QED) is 0.584. The lowest BCUT2D eigenvalue weighted by Crippen LogP contribution is -2.47. The number of piperidine rings is 1. The fraction of sp³-hybridized carbons (Fsp3) is 0.500. The van der Waals surface area contributed by atoms with E-state index in [-0.39, 0.29) is 22.7 Å². The zero-order valence-electron chi connectivity index (χ0n) is 12.4. The number of hydrogen-bond donors (Lipinski definition) is 0. The molecule has 0 spiro atoms. The standard InChI is InChI=1S/C14H17N3O4S/c1-9-4-3-5-10(2)16(9)14-12-7-6-11(17(18)19)8-13(12)22(20,21)15-14/h6-10H,3-5H2,1-2H3/t9-,10-/m0/s1. The lowest BCUT2D eigenvalue weighted by atomic mass is 9.96. The molecule has 0 aromatic heterocycles. The first kappa shape index (κ1) is 15.0. The molecule has 2 atom stereocenters. The molecule has 0 amide bonds. The molecule has 0 saturated carbocycles. The maximum atomic E-state index is 12.3. The van der Waals surface area contributed by atoms with Gasteiger partial charge in [-0.25, -0.2) is 0 Å². The van der Waals surface area contributed by atoms with Crippen LogP contribution in [0.2, 0.25) is 0 Å². The molecule has 2 aliphatic rings. The summed E-state index contributed by atoms with van der Waals surface area (Å²) in [5.41, 5.74) is 0.227. The van der Waals surface area contributed by atoms with Gasteiger partial charge in [0.15, 0.2) is 5.84 Å². The van der Waals surface area contributed by atoms with Gasteiger partial charge in [0.25, 0.3) is 15.7 Å². The largest absolute Gasteiger partial charge is 0.350 e. The van der Waals surface area contributed by atoms with Gasteiger partial charge in [0.05, 0.1) is 4.92 Å². The molecular formula is C14H17N3O4S. The number of non-ortho nitro benzene ring substituents is 1. The van der Waals surface area contributed by atoms with Gasteiger partial charge in [-0.1, -0.05) is 0 Å². The monoisotopic (exact) mass is 323 g/mol. The van der Waals surface area contributed by atoms with Crippen molar-refractivity contribution < 1.29 is 13.3 Å². The topological polar surface area (TPSA) is 92.9 Å². The highest BCUT2D eigenvalue weighted by Crippen LogP contribution is 2.34. The van der Waals surface area contributed by atoms with Crippen LogP contribution >= 0.6 is 0 Å².